The second kappa shape index (κ2) is 7.33. The Bertz CT molecular complexity index is 345. The number of carbonyl (C=O) groups excluding carboxylic acids is 2. The Labute approximate surface area is 107 Å². The highest BCUT2D eigenvalue weighted by atomic mass is 32.2. The number of ether oxygens (including phenoxy) is 1. The summed E-state index contributed by atoms with van der Waals surface area (Å²) in [7, 11) is 0. The molecule has 0 aromatic heterocycles. The van der Waals surface area contributed by atoms with Gasteiger partial charge in [-0.25, -0.2) is 0 Å². The largest absolute Gasteiger partial charge is 0.465 e. The molecule has 0 fully saturated rings. The van der Waals surface area contributed by atoms with Gasteiger partial charge in [-0.1, -0.05) is 35.6 Å². The maximum absolute atomic E-state index is 11.9. The molecule has 0 saturated heterocycles. The van der Waals surface area contributed by atoms with Gasteiger partial charge in [-0.15, -0.1) is 0 Å². The molecule has 0 aliphatic carbocycles. The van der Waals surface area contributed by atoms with Crippen LogP contribution in [0.4, 0.5) is 0 Å². The van der Waals surface area contributed by atoms with Gasteiger partial charge in [0.25, 0.3) is 0 Å². The molecule has 0 spiro atoms. The Balaban J connectivity index is 5.16. The van der Waals surface area contributed by atoms with Crippen LogP contribution in [0, 0.1) is 0 Å². The Morgan fingerprint density at radius 1 is 1.35 bits per heavy atom. The molecule has 96 valence electrons. The first-order chi connectivity index (χ1) is 7.85. The van der Waals surface area contributed by atoms with Crippen molar-refractivity contribution in [2.45, 2.75) is 39.4 Å². The normalized spacial score (nSPS) is 15.7. The number of esters is 1. The molecule has 0 heterocycles. The third-order valence-electron chi connectivity index (χ3n) is 1.97. The number of thioether (sulfide) groups is 1. The number of carbonyl (C=O) groups is 2. The van der Waals surface area contributed by atoms with Gasteiger partial charge in [0.2, 0.25) is 0 Å². The second-order valence-corrected chi connectivity index (χ2v) is 5.44. The molecule has 4 heteroatoms. The number of hydrogen-bond donors (Lipinski definition) is 0. The van der Waals surface area contributed by atoms with Crippen LogP contribution >= 0.6 is 11.8 Å². The van der Waals surface area contributed by atoms with Crippen LogP contribution in [-0.2, 0) is 14.3 Å². The van der Waals surface area contributed by atoms with Crippen LogP contribution in [0.2, 0.25) is 0 Å². The molecule has 17 heavy (non-hydrogen) atoms. The zero-order valence-electron chi connectivity index (χ0n) is 11.1. The fourth-order valence-corrected chi connectivity index (χ4v) is 2.43. The van der Waals surface area contributed by atoms with E-state index in [1.165, 1.54) is 6.92 Å². The monoisotopic (exact) mass is 256 g/mol. The van der Waals surface area contributed by atoms with Crippen molar-refractivity contribution in [1.82, 2.24) is 0 Å². The summed E-state index contributed by atoms with van der Waals surface area (Å²) in [4.78, 5) is 23.1. The Kier molecular flexibility index (Phi) is 6.88. The maximum Gasteiger partial charge on any atom is 0.326 e. The first-order valence-corrected chi connectivity index (χ1v) is 6.36. The third-order valence-corrected chi connectivity index (χ3v) is 2.97. The van der Waals surface area contributed by atoms with Crippen LogP contribution in [0.25, 0.3) is 0 Å². The molecular formula is C13H20O3S. The molecule has 0 amide bonds. The lowest BCUT2D eigenvalue weighted by Gasteiger charge is -2.22. The van der Waals surface area contributed by atoms with Gasteiger partial charge < -0.3 is 4.74 Å². The van der Waals surface area contributed by atoms with Crippen molar-refractivity contribution in [1.29, 1.82) is 0 Å². The molecule has 0 N–H and O–H groups in total. The summed E-state index contributed by atoms with van der Waals surface area (Å²) in [5, 5.41) is -0.106. The van der Waals surface area contributed by atoms with Crippen LogP contribution < -0.4 is 0 Å². The molecular weight excluding hydrogens is 236 g/mol. The lowest BCUT2D eigenvalue weighted by Crippen LogP contribution is -2.33. The standard InChI is InChI=1S/C13H20O3S/c1-6-8-10(3)9-13(5,17-11(4)14)12(15)16-7-2/h6,8-9H,7H2,1-5H3/b8-6+,10-9+/t13-/m0/s1. The Morgan fingerprint density at radius 3 is 2.35 bits per heavy atom. The van der Waals surface area contributed by atoms with E-state index >= 15 is 0 Å². The van der Waals surface area contributed by atoms with Crippen LogP contribution in [0.3, 0.4) is 0 Å². The minimum absolute atomic E-state index is 0.106. The second-order valence-electron chi connectivity index (χ2n) is 3.81. The maximum atomic E-state index is 11.9. The van der Waals surface area contributed by atoms with Crippen molar-refractivity contribution in [3.8, 4) is 0 Å². The lowest BCUT2D eigenvalue weighted by molar-refractivity contribution is -0.144. The smallest absolute Gasteiger partial charge is 0.326 e. The fourth-order valence-electron chi connectivity index (χ4n) is 1.45. The van der Waals surface area contributed by atoms with Crippen molar-refractivity contribution >= 4 is 22.8 Å². The summed E-state index contributed by atoms with van der Waals surface area (Å²) in [5.74, 6) is -0.385. The van der Waals surface area contributed by atoms with E-state index in [4.69, 9.17) is 4.74 Å². The topological polar surface area (TPSA) is 43.4 Å². The average Bonchev–Trinajstić information content (AvgIpc) is 2.16. The summed E-state index contributed by atoms with van der Waals surface area (Å²) in [6.07, 6.45) is 5.53. The average molecular weight is 256 g/mol. The molecule has 0 unspecified atom stereocenters. The molecule has 0 aliphatic rings. The van der Waals surface area contributed by atoms with Gasteiger partial charge in [-0.05, 0) is 27.7 Å². The molecule has 0 saturated carbocycles. The zero-order chi connectivity index (χ0) is 13.5. The van der Waals surface area contributed by atoms with Crippen molar-refractivity contribution in [3.63, 3.8) is 0 Å². The number of allylic oxidation sites excluding steroid dienone is 3. The van der Waals surface area contributed by atoms with Crippen LogP contribution in [0.1, 0.15) is 34.6 Å². The van der Waals surface area contributed by atoms with Crippen molar-refractivity contribution in [3.05, 3.63) is 23.8 Å². The molecule has 0 aliphatic heterocycles. The van der Waals surface area contributed by atoms with E-state index in [0.717, 1.165) is 17.3 Å². The molecule has 0 aromatic rings. The van der Waals surface area contributed by atoms with Gasteiger partial charge in [0.05, 0.1) is 6.61 Å². The molecule has 0 rings (SSSR count). The number of hydrogen-bond acceptors (Lipinski definition) is 4. The first kappa shape index (κ1) is 16.0. The van der Waals surface area contributed by atoms with Gasteiger partial charge in [0, 0.05) is 6.92 Å². The third kappa shape index (κ3) is 5.73. The summed E-state index contributed by atoms with van der Waals surface area (Å²) >= 11 is 0.980. The van der Waals surface area contributed by atoms with Gasteiger partial charge in [0.1, 0.15) is 4.75 Å². The molecule has 1 atom stereocenters. The summed E-state index contributed by atoms with van der Waals surface area (Å²) in [6, 6.07) is 0. The molecule has 3 nitrogen and oxygen atoms in total. The minimum Gasteiger partial charge on any atom is -0.465 e. The van der Waals surface area contributed by atoms with E-state index in [-0.39, 0.29) is 11.1 Å². The quantitative estimate of drug-likeness (QED) is 0.560. The number of rotatable bonds is 5. The highest BCUT2D eigenvalue weighted by molar-refractivity contribution is 8.15. The van der Waals surface area contributed by atoms with Crippen LogP contribution in [0.5, 0.6) is 0 Å². The molecule has 0 aromatic carbocycles. The summed E-state index contributed by atoms with van der Waals surface area (Å²) in [6.45, 7) is 8.99. The first-order valence-electron chi connectivity index (χ1n) is 5.54. The highest BCUT2D eigenvalue weighted by Crippen LogP contribution is 2.30. The van der Waals surface area contributed by atoms with E-state index in [0.29, 0.717) is 6.61 Å². The zero-order valence-corrected chi connectivity index (χ0v) is 11.9. The highest BCUT2D eigenvalue weighted by Gasteiger charge is 2.35. The van der Waals surface area contributed by atoms with E-state index in [1.807, 2.05) is 26.0 Å². The molecule has 0 bridgehead atoms. The van der Waals surface area contributed by atoms with Gasteiger partial charge in [-0.3, -0.25) is 9.59 Å². The predicted octanol–water partition coefficient (Wildman–Crippen LogP) is 3.11. The predicted molar refractivity (Wildman–Crippen MR) is 71.9 cm³/mol. The van der Waals surface area contributed by atoms with Crippen molar-refractivity contribution in [2.75, 3.05) is 6.61 Å². The van der Waals surface area contributed by atoms with Gasteiger partial charge >= 0.3 is 5.97 Å². The lowest BCUT2D eigenvalue weighted by atomic mass is 10.1. The van der Waals surface area contributed by atoms with E-state index in [9.17, 15) is 9.59 Å². The van der Waals surface area contributed by atoms with Crippen molar-refractivity contribution in [2.24, 2.45) is 0 Å². The Morgan fingerprint density at radius 2 is 1.94 bits per heavy atom. The minimum atomic E-state index is -0.953. The van der Waals surface area contributed by atoms with Crippen LogP contribution in [0.15, 0.2) is 23.8 Å². The fraction of sp³-hybridized carbons (Fsp3) is 0.538. The SMILES string of the molecule is C/C=C/C(C)=C/[C@](C)(SC(C)=O)C(=O)OCC. The van der Waals surface area contributed by atoms with Crippen LogP contribution in [-0.4, -0.2) is 22.4 Å². The molecule has 0 radical (unpaired) electrons. The summed E-state index contributed by atoms with van der Waals surface area (Å²) in [5.41, 5.74) is 0.928. The Hall–Kier alpha value is -1.03. The van der Waals surface area contributed by atoms with Crippen molar-refractivity contribution < 1.29 is 14.3 Å². The summed E-state index contributed by atoms with van der Waals surface area (Å²) < 4.78 is 4.05. The van der Waals surface area contributed by atoms with Gasteiger partial charge in [-0.2, -0.15) is 0 Å². The van der Waals surface area contributed by atoms with E-state index in [2.05, 4.69) is 0 Å². The van der Waals surface area contributed by atoms with Gasteiger partial charge in [0.15, 0.2) is 5.12 Å². The van der Waals surface area contributed by atoms with E-state index < -0.39 is 4.75 Å². The van der Waals surface area contributed by atoms with E-state index in [1.54, 1.807) is 19.9 Å².